The predicted molar refractivity (Wildman–Crippen MR) is 73.9 cm³/mol. The fraction of sp³-hybridized carbons (Fsp3) is 0.600. The molecule has 0 aromatic heterocycles. The molecule has 2 atom stereocenters. The van der Waals surface area contributed by atoms with Gasteiger partial charge in [0.15, 0.2) is 0 Å². The zero-order valence-corrected chi connectivity index (χ0v) is 12.1. The van der Waals surface area contributed by atoms with Crippen LogP contribution >= 0.6 is 11.6 Å². The highest BCUT2D eigenvalue weighted by Gasteiger charge is 2.41. The van der Waals surface area contributed by atoms with Gasteiger partial charge in [-0.3, -0.25) is 0 Å². The third-order valence-electron chi connectivity index (χ3n) is 4.02. The van der Waals surface area contributed by atoms with E-state index in [0.29, 0.717) is 31.4 Å². The molecular formula is C15H20ClFO2. The lowest BCUT2D eigenvalue weighted by Gasteiger charge is -2.43. The molecule has 19 heavy (non-hydrogen) atoms. The number of ether oxygens (including phenoxy) is 1. The fourth-order valence-corrected chi connectivity index (χ4v) is 2.93. The average molecular weight is 287 g/mol. The van der Waals surface area contributed by atoms with E-state index >= 15 is 0 Å². The molecule has 0 amide bonds. The molecule has 1 fully saturated rings. The molecule has 0 bridgehead atoms. The lowest BCUT2D eigenvalue weighted by Crippen LogP contribution is -2.48. The Labute approximate surface area is 118 Å². The van der Waals surface area contributed by atoms with E-state index in [9.17, 15) is 9.50 Å². The molecule has 1 aliphatic rings. The maximum atomic E-state index is 13.4. The molecule has 2 unspecified atom stereocenters. The normalized spacial score (nSPS) is 31.4. The minimum Gasteiger partial charge on any atom is -0.389 e. The highest BCUT2D eigenvalue weighted by atomic mass is 35.5. The summed E-state index contributed by atoms with van der Waals surface area (Å²) in [5.74, 6) is -0.437. The van der Waals surface area contributed by atoms with Crippen LogP contribution in [0.2, 0.25) is 5.02 Å². The molecule has 106 valence electrons. The van der Waals surface area contributed by atoms with Crippen molar-refractivity contribution < 1.29 is 14.2 Å². The number of rotatable bonds is 3. The van der Waals surface area contributed by atoms with Crippen molar-refractivity contribution in [2.24, 2.45) is 0 Å². The number of halogens is 2. The van der Waals surface area contributed by atoms with E-state index in [1.54, 1.807) is 12.1 Å². The minimum atomic E-state index is -0.875. The summed E-state index contributed by atoms with van der Waals surface area (Å²) < 4.78 is 19.2. The summed E-state index contributed by atoms with van der Waals surface area (Å²) in [5, 5.41) is 10.9. The maximum absolute atomic E-state index is 13.4. The Hall–Kier alpha value is -0.640. The zero-order chi connectivity index (χ0) is 14.1. The van der Waals surface area contributed by atoms with Crippen LogP contribution in [0, 0.1) is 5.82 Å². The summed E-state index contributed by atoms with van der Waals surface area (Å²) in [5.41, 5.74) is -0.530. The van der Waals surface area contributed by atoms with Gasteiger partial charge in [0.1, 0.15) is 5.82 Å². The van der Waals surface area contributed by atoms with Crippen LogP contribution in [0.1, 0.15) is 38.7 Å². The Balaban J connectivity index is 2.19. The van der Waals surface area contributed by atoms with Crippen molar-refractivity contribution in [1.82, 2.24) is 0 Å². The van der Waals surface area contributed by atoms with Crippen LogP contribution in [0.15, 0.2) is 18.2 Å². The van der Waals surface area contributed by atoms with E-state index < -0.39 is 11.4 Å². The lowest BCUT2D eigenvalue weighted by atomic mass is 9.78. The molecule has 1 heterocycles. The van der Waals surface area contributed by atoms with Gasteiger partial charge in [-0.2, -0.15) is 0 Å². The first-order chi connectivity index (χ1) is 8.87. The van der Waals surface area contributed by atoms with E-state index in [0.717, 1.165) is 6.42 Å². The summed E-state index contributed by atoms with van der Waals surface area (Å²) in [7, 11) is 0. The second-order valence-corrected chi connectivity index (χ2v) is 6.07. The first kappa shape index (κ1) is 14.8. The Bertz CT molecular complexity index is 465. The van der Waals surface area contributed by atoms with Gasteiger partial charge in [0.25, 0.3) is 0 Å². The monoisotopic (exact) mass is 286 g/mol. The highest BCUT2D eigenvalue weighted by Crippen LogP contribution is 2.37. The quantitative estimate of drug-likeness (QED) is 0.917. The summed E-state index contributed by atoms with van der Waals surface area (Å²) in [6.07, 6.45) is 2.30. The van der Waals surface area contributed by atoms with Crippen molar-refractivity contribution in [1.29, 1.82) is 0 Å². The van der Waals surface area contributed by atoms with Gasteiger partial charge in [-0.25, -0.2) is 4.39 Å². The molecule has 1 aromatic carbocycles. The van der Waals surface area contributed by atoms with Crippen LogP contribution in [0.3, 0.4) is 0 Å². The summed E-state index contributed by atoms with van der Waals surface area (Å²) in [4.78, 5) is 0. The summed E-state index contributed by atoms with van der Waals surface area (Å²) in [6, 6.07) is 4.72. The molecule has 1 saturated heterocycles. The molecule has 0 aliphatic carbocycles. The van der Waals surface area contributed by atoms with E-state index in [-0.39, 0.29) is 10.6 Å². The standard InChI is InChI=1S/C15H20ClFO2/c1-3-14(2)10-15(18,7-8-19-14)9-11-5-4-6-12(17)13(11)16/h4-6,18H,3,7-10H2,1-2H3. The molecule has 0 spiro atoms. The van der Waals surface area contributed by atoms with Gasteiger partial charge >= 0.3 is 0 Å². The lowest BCUT2D eigenvalue weighted by molar-refractivity contribution is -0.152. The van der Waals surface area contributed by atoms with Gasteiger partial charge in [-0.1, -0.05) is 30.7 Å². The SMILES string of the molecule is CCC1(C)CC(O)(Cc2cccc(F)c2Cl)CCO1. The third kappa shape index (κ3) is 3.28. The van der Waals surface area contributed by atoms with Crippen molar-refractivity contribution in [3.63, 3.8) is 0 Å². The zero-order valence-electron chi connectivity index (χ0n) is 11.4. The van der Waals surface area contributed by atoms with Crippen LogP contribution in [0.25, 0.3) is 0 Å². The molecule has 2 rings (SSSR count). The van der Waals surface area contributed by atoms with Gasteiger partial charge in [-0.15, -0.1) is 0 Å². The predicted octanol–water partition coefficient (Wildman–Crippen LogP) is 3.73. The second kappa shape index (κ2) is 5.39. The molecule has 2 nitrogen and oxygen atoms in total. The number of aliphatic hydroxyl groups is 1. The van der Waals surface area contributed by atoms with Crippen molar-refractivity contribution in [2.75, 3.05) is 6.61 Å². The van der Waals surface area contributed by atoms with Crippen LogP contribution in [0.5, 0.6) is 0 Å². The Morgan fingerprint density at radius 2 is 2.21 bits per heavy atom. The van der Waals surface area contributed by atoms with Gasteiger partial charge in [-0.05, 0) is 31.4 Å². The van der Waals surface area contributed by atoms with E-state index in [1.165, 1.54) is 6.07 Å². The van der Waals surface area contributed by atoms with Crippen LogP contribution in [-0.2, 0) is 11.2 Å². The molecule has 0 radical (unpaired) electrons. The smallest absolute Gasteiger partial charge is 0.142 e. The minimum absolute atomic E-state index is 0.112. The first-order valence-electron chi connectivity index (χ1n) is 6.67. The Kier molecular flexibility index (Phi) is 4.19. The van der Waals surface area contributed by atoms with Crippen molar-refractivity contribution in [3.8, 4) is 0 Å². The van der Waals surface area contributed by atoms with Crippen LogP contribution in [0.4, 0.5) is 4.39 Å². The number of benzene rings is 1. The van der Waals surface area contributed by atoms with E-state index in [2.05, 4.69) is 0 Å². The average Bonchev–Trinajstić information content (AvgIpc) is 2.35. The molecule has 4 heteroatoms. The third-order valence-corrected chi connectivity index (χ3v) is 4.44. The molecule has 1 N–H and O–H groups in total. The molecule has 1 aliphatic heterocycles. The van der Waals surface area contributed by atoms with E-state index in [1.807, 2.05) is 13.8 Å². The Morgan fingerprint density at radius 3 is 2.89 bits per heavy atom. The molecule has 1 aromatic rings. The van der Waals surface area contributed by atoms with Crippen molar-refractivity contribution >= 4 is 11.6 Å². The molecular weight excluding hydrogens is 267 g/mol. The number of hydrogen-bond acceptors (Lipinski definition) is 2. The topological polar surface area (TPSA) is 29.5 Å². The van der Waals surface area contributed by atoms with Gasteiger partial charge < -0.3 is 9.84 Å². The van der Waals surface area contributed by atoms with Crippen molar-refractivity contribution in [2.45, 2.75) is 50.7 Å². The van der Waals surface area contributed by atoms with Gasteiger partial charge in [0.2, 0.25) is 0 Å². The number of hydrogen-bond donors (Lipinski definition) is 1. The molecule has 0 saturated carbocycles. The Morgan fingerprint density at radius 1 is 1.47 bits per heavy atom. The van der Waals surface area contributed by atoms with Crippen LogP contribution in [-0.4, -0.2) is 22.9 Å². The second-order valence-electron chi connectivity index (χ2n) is 5.69. The van der Waals surface area contributed by atoms with Gasteiger partial charge in [0.05, 0.1) is 22.8 Å². The summed E-state index contributed by atoms with van der Waals surface area (Å²) >= 11 is 5.96. The fourth-order valence-electron chi connectivity index (χ4n) is 2.74. The van der Waals surface area contributed by atoms with Crippen molar-refractivity contribution in [3.05, 3.63) is 34.6 Å². The highest BCUT2D eigenvalue weighted by molar-refractivity contribution is 6.31. The maximum Gasteiger partial charge on any atom is 0.142 e. The van der Waals surface area contributed by atoms with Crippen LogP contribution < -0.4 is 0 Å². The first-order valence-corrected chi connectivity index (χ1v) is 7.04. The largest absolute Gasteiger partial charge is 0.389 e. The van der Waals surface area contributed by atoms with E-state index in [4.69, 9.17) is 16.3 Å². The summed E-state index contributed by atoms with van der Waals surface area (Å²) in [6.45, 7) is 4.57. The van der Waals surface area contributed by atoms with Gasteiger partial charge in [0, 0.05) is 12.8 Å².